The van der Waals surface area contributed by atoms with Crippen molar-refractivity contribution in [2.24, 2.45) is 4.99 Å². The molecular formula is C21H22FN3O3S. The van der Waals surface area contributed by atoms with E-state index in [-0.39, 0.29) is 24.1 Å². The number of carbonyl (C=O) groups excluding carboxylic acids is 2. The molecule has 1 atom stereocenters. The van der Waals surface area contributed by atoms with Gasteiger partial charge in [0.2, 0.25) is 11.8 Å². The maximum Gasteiger partial charge on any atom is 0.242 e. The Morgan fingerprint density at radius 2 is 1.93 bits per heavy atom. The van der Waals surface area contributed by atoms with Crippen LogP contribution in [0.15, 0.2) is 59.6 Å². The summed E-state index contributed by atoms with van der Waals surface area (Å²) < 4.78 is 18.1. The second-order valence-electron chi connectivity index (χ2n) is 6.43. The number of nitrogens with zero attached hydrogens (tertiary/aromatic N) is 2. The fourth-order valence-electron chi connectivity index (χ4n) is 2.82. The van der Waals surface area contributed by atoms with E-state index >= 15 is 0 Å². The molecule has 1 fully saturated rings. The van der Waals surface area contributed by atoms with E-state index in [1.165, 1.54) is 36.0 Å². The van der Waals surface area contributed by atoms with Crippen molar-refractivity contribution >= 4 is 40.1 Å². The molecule has 1 heterocycles. The van der Waals surface area contributed by atoms with E-state index in [4.69, 9.17) is 4.74 Å². The Bertz CT molecular complexity index is 874. The Hall–Kier alpha value is -2.71. The lowest BCUT2D eigenvalue weighted by Crippen LogP contribution is -2.34. The van der Waals surface area contributed by atoms with Crippen molar-refractivity contribution in [2.75, 3.05) is 25.6 Å². The number of carbonyl (C=O) groups is 2. The number of hydrogen-bond donors (Lipinski definition) is 1. The summed E-state index contributed by atoms with van der Waals surface area (Å²) in [6.45, 7) is 1.00. The summed E-state index contributed by atoms with van der Waals surface area (Å²) in [4.78, 5) is 31.5. The van der Waals surface area contributed by atoms with Crippen LogP contribution in [0.1, 0.15) is 12.8 Å². The van der Waals surface area contributed by atoms with Gasteiger partial charge in [0.05, 0.1) is 5.69 Å². The van der Waals surface area contributed by atoms with Gasteiger partial charge in [-0.15, -0.1) is 0 Å². The van der Waals surface area contributed by atoms with Crippen molar-refractivity contribution in [3.05, 3.63) is 60.4 Å². The zero-order valence-electron chi connectivity index (χ0n) is 16.0. The first-order chi connectivity index (χ1) is 14.1. The number of para-hydroxylation sites is 1. The number of ether oxygens (including phenoxy) is 1. The summed E-state index contributed by atoms with van der Waals surface area (Å²) in [5.74, 6) is -0.826. The second-order valence-corrected chi connectivity index (χ2v) is 7.60. The highest BCUT2D eigenvalue weighted by Crippen LogP contribution is 2.32. The average molecular weight is 415 g/mol. The van der Waals surface area contributed by atoms with E-state index in [1.807, 2.05) is 30.3 Å². The maximum atomic E-state index is 13.0. The van der Waals surface area contributed by atoms with E-state index in [1.54, 1.807) is 12.0 Å². The Labute approximate surface area is 173 Å². The normalized spacial score (nSPS) is 17.7. The summed E-state index contributed by atoms with van der Waals surface area (Å²) in [6, 6.07) is 14.9. The van der Waals surface area contributed by atoms with Crippen molar-refractivity contribution in [1.29, 1.82) is 0 Å². The predicted molar refractivity (Wildman–Crippen MR) is 113 cm³/mol. The van der Waals surface area contributed by atoms with Crippen LogP contribution in [0, 0.1) is 5.82 Å². The van der Waals surface area contributed by atoms with E-state index in [9.17, 15) is 14.0 Å². The molecule has 0 aliphatic carbocycles. The molecule has 0 aromatic heterocycles. The van der Waals surface area contributed by atoms with E-state index in [0.29, 0.717) is 30.4 Å². The molecule has 1 aliphatic heterocycles. The summed E-state index contributed by atoms with van der Waals surface area (Å²) >= 11 is 1.29. The van der Waals surface area contributed by atoms with E-state index < -0.39 is 5.25 Å². The molecule has 2 amide bonds. The number of aliphatic imine (C=N–C) groups is 1. The first-order valence-electron chi connectivity index (χ1n) is 9.23. The summed E-state index contributed by atoms with van der Waals surface area (Å²) in [5, 5.41) is 2.72. The zero-order valence-corrected chi connectivity index (χ0v) is 16.8. The molecule has 29 heavy (non-hydrogen) atoms. The molecule has 1 unspecified atom stereocenters. The molecule has 0 spiro atoms. The van der Waals surface area contributed by atoms with Crippen LogP contribution < -0.4 is 5.32 Å². The molecule has 3 rings (SSSR count). The molecule has 152 valence electrons. The molecule has 1 aliphatic rings. The van der Waals surface area contributed by atoms with Gasteiger partial charge in [0.1, 0.15) is 11.1 Å². The molecule has 1 saturated heterocycles. The molecule has 2 aromatic carbocycles. The quantitative estimate of drug-likeness (QED) is 0.666. The van der Waals surface area contributed by atoms with Crippen LogP contribution in [0.3, 0.4) is 0 Å². The third-order valence-electron chi connectivity index (χ3n) is 4.23. The number of hydrogen-bond acceptors (Lipinski definition) is 5. The lowest BCUT2D eigenvalue weighted by atomic mass is 10.2. The summed E-state index contributed by atoms with van der Waals surface area (Å²) in [6.07, 6.45) is 0.681. The number of amidine groups is 1. The molecule has 1 N–H and O–H groups in total. The van der Waals surface area contributed by atoms with Crippen molar-refractivity contribution in [3.63, 3.8) is 0 Å². The topological polar surface area (TPSA) is 71.0 Å². The van der Waals surface area contributed by atoms with Crippen LogP contribution in [-0.4, -0.2) is 47.4 Å². The SMILES string of the molecule is COCCCN1C(=O)C(CC(=O)Nc2ccc(F)cc2)SC1=Nc1ccccc1. The number of rotatable bonds is 8. The zero-order chi connectivity index (χ0) is 20.6. The van der Waals surface area contributed by atoms with Gasteiger partial charge in [0.25, 0.3) is 0 Å². The number of methoxy groups -OCH3 is 1. The number of amides is 2. The van der Waals surface area contributed by atoms with Gasteiger partial charge >= 0.3 is 0 Å². The van der Waals surface area contributed by atoms with Gasteiger partial charge in [-0.1, -0.05) is 30.0 Å². The summed E-state index contributed by atoms with van der Waals surface area (Å²) in [7, 11) is 1.61. The molecule has 0 bridgehead atoms. The number of anilines is 1. The minimum absolute atomic E-state index is 0.00939. The van der Waals surface area contributed by atoms with Crippen molar-refractivity contribution < 1.29 is 18.7 Å². The maximum absolute atomic E-state index is 13.0. The molecule has 8 heteroatoms. The van der Waals surface area contributed by atoms with Crippen molar-refractivity contribution in [2.45, 2.75) is 18.1 Å². The highest BCUT2D eigenvalue weighted by molar-refractivity contribution is 8.15. The van der Waals surface area contributed by atoms with Crippen molar-refractivity contribution in [1.82, 2.24) is 4.90 Å². The largest absolute Gasteiger partial charge is 0.385 e. The Kier molecular flexibility index (Phi) is 7.37. The van der Waals surface area contributed by atoms with Gasteiger partial charge in [0, 0.05) is 32.4 Å². The Morgan fingerprint density at radius 3 is 2.62 bits per heavy atom. The molecular weight excluding hydrogens is 393 g/mol. The van der Waals surface area contributed by atoms with Gasteiger partial charge in [-0.25, -0.2) is 9.38 Å². The van der Waals surface area contributed by atoms with Gasteiger partial charge in [-0.05, 0) is 42.8 Å². The predicted octanol–water partition coefficient (Wildman–Crippen LogP) is 3.82. The minimum atomic E-state index is -0.555. The molecule has 0 saturated carbocycles. The minimum Gasteiger partial charge on any atom is -0.385 e. The lowest BCUT2D eigenvalue weighted by molar-refractivity contribution is -0.128. The van der Waals surface area contributed by atoms with Crippen molar-refractivity contribution in [3.8, 4) is 0 Å². The Balaban J connectivity index is 1.70. The number of nitrogens with one attached hydrogen (secondary N) is 1. The van der Waals surface area contributed by atoms with Gasteiger partial charge in [0.15, 0.2) is 5.17 Å². The standard InChI is InChI=1S/C21H22FN3O3S/c1-28-13-5-12-25-20(27)18(29-21(25)24-16-6-3-2-4-7-16)14-19(26)23-17-10-8-15(22)9-11-17/h2-4,6-11,18H,5,12-14H2,1H3,(H,23,26). The van der Waals surface area contributed by atoms with Crippen LogP contribution in [0.4, 0.5) is 15.8 Å². The van der Waals surface area contributed by atoms with Crippen LogP contribution in [0.25, 0.3) is 0 Å². The van der Waals surface area contributed by atoms with E-state index in [0.717, 1.165) is 5.69 Å². The van der Waals surface area contributed by atoms with Crippen LogP contribution in [0.5, 0.6) is 0 Å². The highest BCUT2D eigenvalue weighted by Gasteiger charge is 2.38. The van der Waals surface area contributed by atoms with Crippen LogP contribution >= 0.6 is 11.8 Å². The molecule has 6 nitrogen and oxygen atoms in total. The van der Waals surface area contributed by atoms with Crippen LogP contribution in [0.2, 0.25) is 0 Å². The number of benzene rings is 2. The van der Waals surface area contributed by atoms with Crippen LogP contribution in [-0.2, 0) is 14.3 Å². The lowest BCUT2D eigenvalue weighted by Gasteiger charge is -2.16. The highest BCUT2D eigenvalue weighted by atomic mass is 32.2. The van der Waals surface area contributed by atoms with Gasteiger partial charge in [-0.2, -0.15) is 0 Å². The fourth-order valence-corrected chi connectivity index (χ4v) is 4.01. The molecule has 2 aromatic rings. The Morgan fingerprint density at radius 1 is 1.21 bits per heavy atom. The monoisotopic (exact) mass is 415 g/mol. The summed E-state index contributed by atoms with van der Waals surface area (Å²) in [5.41, 5.74) is 1.23. The fraction of sp³-hybridized carbons (Fsp3) is 0.286. The first-order valence-corrected chi connectivity index (χ1v) is 10.1. The third kappa shape index (κ3) is 5.88. The smallest absolute Gasteiger partial charge is 0.242 e. The number of halogens is 1. The van der Waals surface area contributed by atoms with Gasteiger partial charge in [-0.3, -0.25) is 14.5 Å². The number of thioether (sulfide) groups is 1. The third-order valence-corrected chi connectivity index (χ3v) is 5.41. The second kappa shape index (κ2) is 10.2. The van der Waals surface area contributed by atoms with E-state index in [2.05, 4.69) is 10.3 Å². The first kappa shape index (κ1) is 21.0. The molecule has 0 radical (unpaired) electrons. The average Bonchev–Trinajstić information content (AvgIpc) is 2.99. The van der Waals surface area contributed by atoms with Gasteiger partial charge < -0.3 is 10.1 Å².